The Balaban J connectivity index is 2.06. The van der Waals surface area contributed by atoms with E-state index in [4.69, 9.17) is 15.6 Å². The van der Waals surface area contributed by atoms with E-state index in [2.05, 4.69) is 0 Å². The number of rotatable bonds is 3. The van der Waals surface area contributed by atoms with E-state index in [-0.39, 0.29) is 17.4 Å². The SMILES string of the molecule is COC1CC(C(N)C(=O)O)C12CCC2. The van der Waals surface area contributed by atoms with Crippen LogP contribution in [0.3, 0.4) is 0 Å². The number of aliphatic carboxylic acids is 1. The predicted octanol–water partition coefficient (Wildman–Crippen LogP) is 0.603. The van der Waals surface area contributed by atoms with Crippen LogP contribution in [0.4, 0.5) is 0 Å². The highest BCUT2D eigenvalue weighted by molar-refractivity contribution is 5.74. The molecule has 2 aliphatic carbocycles. The van der Waals surface area contributed by atoms with Crippen molar-refractivity contribution in [2.75, 3.05) is 7.11 Å². The molecule has 3 unspecified atom stereocenters. The second-order valence-electron chi connectivity index (χ2n) is 4.52. The molecule has 80 valence electrons. The number of hydrogen-bond acceptors (Lipinski definition) is 3. The molecule has 2 saturated carbocycles. The second-order valence-corrected chi connectivity index (χ2v) is 4.52. The van der Waals surface area contributed by atoms with Gasteiger partial charge in [0.15, 0.2) is 0 Å². The van der Waals surface area contributed by atoms with Gasteiger partial charge in [-0.25, -0.2) is 0 Å². The first-order chi connectivity index (χ1) is 6.62. The maximum absolute atomic E-state index is 10.8. The lowest BCUT2D eigenvalue weighted by Crippen LogP contribution is -2.64. The number of hydrogen-bond donors (Lipinski definition) is 2. The van der Waals surface area contributed by atoms with E-state index in [1.54, 1.807) is 7.11 Å². The van der Waals surface area contributed by atoms with Gasteiger partial charge in [0.1, 0.15) is 6.04 Å². The van der Waals surface area contributed by atoms with Crippen molar-refractivity contribution in [3.8, 4) is 0 Å². The Morgan fingerprint density at radius 2 is 2.29 bits per heavy atom. The molecule has 2 aliphatic rings. The first-order valence-corrected chi connectivity index (χ1v) is 5.13. The lowest BCUT2D eigenvalue weighted by molar-refractivity contribution is -0.196. The molecule has 2 rings (SSSR count). The van der Waals surface area contributed by atoms with Crippen molar-refractivity contribution in [2.24, 2.45) is 17.1 Å². The third-order valence-corrected chi connectivity index (χ3v) is 4.14. The molecule has 0 radical (unpaired) electrons. The third-order valence-electron chi connectivity index (χ3n) is 4.14. The molecule has 0 aromatic heterocycles. The van der Waals surface area contributed by atoms with E-state index < -0.39 is 12.0 Å². The molecule has 0 saturated heterocycles. The standard InChI is InChI=1S/C10H17NO3/c1-14-7-5-6(8(11)9(12)13)10(7)3-2-4-10/h6-8H,2-5,11H2,1H3,(H,12,13). The van der Waals surface area contributed by atoms with Gasteiger partial charge in [0, 0.05) is 12.5 Å². The fraction of sp³-hybridized carbons (Fsp3) is 0.900. The smallest absolute Gasteiger partial charge is 0.320 e. The summed E-state index contributed by atoms with van der Waals surface area (Å²) in [5.41, 5.74) is 5.77. The third kappa shape index (κ3) is 1.10. The lowest BCUT2D eigenvalue weighted by Gasteiger charge is -2.61. The molecular formula is C10H17NO3. The normalized spacial score (nSPS) is 35.9. The quantitative estimate of drug-likeness (QED) is 0.698. The van der Waals surface area contributed by atoms with Crippen molar-refractivity contribution in [3.63, 3.8) is 0 Å². The molecule has 0 amide bonds. The number of carbonyl (C=O) groups is 1. The fourth-order valence-electron chi connectivity index (χ4n) is 3.06. The number of ether oxygens (including phenoxy) is 1. The van der Waals surface area contributed by atoms with Gasteiger partial charge in [-0.3, -0.25) is 4.79 Å². The number of nitrogens with two attached hydrogens (primary N) is 1. The summed E-state index contributed by atoms with van der Waals surface area (Å²) in [6.07, 6.45) is 4.40. The van der Waals surface area contributed by atoms with Gasteiger partial charge in [0.2, 0.25) is 0 Å². The van der Waals surface area contributed by atoms with Gasteiger partial charge in [-0.15, -0.1) is 0 Å². The largest absolute Gasteiger partial charge is 0.480 e. The summed E-state index contributed by atoms with van der Waals surface area (Å²) in [5.74, 6) is -0.755. The highest BCUT2D eigenvalue weighted by Crippen LogP contribution is 2.61. The summed E-state index contributed by atoms with van der Waals surface area (Å²) >= 11 is 0. The molecule has 3 atom stereocenters. The van der Waals surface area contributed by atoms with Crippen molar-refractivity contribution in [2.45, 2.75) is 37.8 Å². The second kappa shape index (κ2) is 3.21. The highest BCUT2D eigenvalue weighted by Gasteiger charge is 2.61. The molecule has 0 bridgehead atoms. The van der Waals surface area contributed by atoms with Crippen molar-refractivity contribution < 1.29 is 14.6 Å². The van der Waals surface area contributed by atoms with Crippen molar-refractivity contribution >= 4 is 5.97 Å². The average Bonchev–Trinajstić information content (AvgIpc) is 1.99. The summed E-state index contributed by atoms with van der Waals surface area (Å²) in [7, 11) is 1.70. The van der Waals surface area contributed by atoms with Crippen molar-refractivity contribution in [1.29, 1.82) is 0 Å². The minimum atomic E-state index is -0.879. The van der Waals surface area contributed by atoms with Gasteiger partial charge in [-0.2, -0.15) is 0 Å². The van der Waals surface area contributed by atoms with E-state index in [1.807, 2.05) is 0 Å². The summed E-state index contributed by atoms with van der Waals surface area (Å²) < 4.78 is 5.36. The molecule has 4 nitrogen and oxygen atoms in total. The molecule has 0 heterocycles. The van der Waals surface area contributed by atoms with Crippen LogP contribution in [0.1, 0.15) is 25.7 Å². The Hall–Kier alpha value is -0.610. The Morgan fingerprint density at radius 1 is 1.64 bits per heavy atom. The van der Waals surface area contributed by atoms with Crippen LogP contribution < -0.4 is 5.73 Å². The zero-order valence-electron chi connectivity index (χ0n) is 8.40. The lowest BCUT2D eigenvalue weighted by atomic mass is 9.46. The van der Waals surface area contributed by atoms with Crippen LogP contribution in [0, 0.1) is 11.3 Å². The Bertz CT molecular complexity index is 250. The maximum atomic E-state index is 10.8. The van der Waals surface area contributed by atoms with Gasteiger partial charge in [0.25, 0.3) is 0 Å². The first-order valence-electron chi connectivity index (χ1n) is 5.13. The van der Waals surface area contributed by atoms with E-state index in [0.717, 1.165) is 19.3 Å². The van der Waals surface area contributed by atoms with Gasteiger partial charge < -0.3 is 15.6 Å². The summed E-state index contributed by atoms with van der Waals surface area (Å²) in [5, 5.41) is 8.86. The van der Waals surface area contributed by atoms with Crippen LogP contribution in [-0.2, 0) is 9.53 Å². The maximum Gasteiger partial charge on any atom is 0.320 e. The topological polar surface area (TPSA) is 72.5 Å². The minimum absolute atomic E-state index is 0.104. The van der Waals surface area contributed by atoms with Crippen LogP contribution in [0.25, 0.3) is 0 Å². The molecular weight excluding hydrogens is 182 g/mol. The Labute approximate surface area is 83.4 Å². The highest BCUT2D eigenvalue weighted by atomic mass is 16.5. The molecule has 4 heteroatoms. The molecule has 1 spiro atoms. The van der Waals surface area contributed by atoms with Crippen LogP contribution in [0.15, 0.2) is 0 Å². The fourth-order valence-corrected chi connectivity index (χ4v) is 3.06. The van der Waals surface area contributed by atoms with Crippen LogP contribution in [0.2, 0.25) is 0 Å². The number of methoxy groups -OCH3 is 1. The zero-order chi connectivity index (χ0) is 10.3. The van der Waals surface area contributed by atoms with Gasteiger partial charge >= 0.3 is 5.97 Å². The number of carboxylic acid groups (broad SMARTS) is 1. The van der Waals surface area contributed by atoms with E-state index >= 15 is 0 Å². The van der Waals surface area contributed by atoms with E-state index in [1.165, 1.54) is 6.42 Å². The number of carboxylic acids is 1. The molecule has 14 heavy (non-hydrogen) atoms. The van der Waals surface area contributed by atoms with E-state index in [0.29, 0.717) is 0 Å². The van der Waals surface area contributed by atoms with Crippen LogP contribution >= 0.6 is 0 Å². The molecule has 3 N–H and O–H groups in total. The Morgan fingerprint density at radius 3 is 2.64 bits per heavy atom. The summed E-state index contributed by atoms with van der Waals surface area (Å²) in [4.78, 5) is 10.8. The van der Waals surface area contributed by atoms with Gasteiger partial charge in [-0.05, 0) is 25.2 Å². The Kier molecular flexibility index (Phi) is 2.27. The van der Waals surface area contributed by atoms with Crippen LogP contribution in [0.5, 0.6) is 0 Å². The minimum Gasteiger partial charge on any atom is -0.480 e. The summed E-state index contributed by atoms with van der Waals surface area (Å²) in [6, 6.07) is -0.707. The van der Waals surface area contributed by atoms with Gasteiger partial charge in [0.05, 0.1) is 6.10 Å². The van der Waals surface area contributed by atoms with E-state index in [9.17, 15) is 4.79 Å². The predicted molar refractivity (Wildman–Crippen MR) is 50.8 cm³/mol. The average molecular weight is 199 g/mol. The molecule has 2 fully saturated rings. The van der Waals surface area contributed by atoms with Crippen molar-refractivity contribution in [1.82, 2.24) is 0 Å². The van der Waals surface area contributed by atoms with Crippen LogP contribution in [-0.4, -0.2) is 30.3 Å². The zero-order valence-corrected chi connectivity index (χ0v) is 8.40. The monoisotopic (exact) mass is 199 g/mol. The molecule has 0 aromatic carbocycles. The first kappa shape index (κ1) is 9.93. The molecule has 0 aliphatic heterocycles. The van der Waals surface area contributed by atoms with Crippen molar-refractivity contribution in [3.05, 3.63) is 0 Å². The summed E-state index contributed by atoms with van der Waals surface area (Å²) in [6.45, 7) is 0. The van der Waals surface area contributed by atoms with Gasteiger partial charge in [-0.1, -0.05) is 6.42 Å². The molecule has 0 aromatic rings.